The Hall–Kier alpha value is -2.92. The fourth-order valence-corrected chi connectivity index (χ4v) is 3.87. The van der Waals surface area contributed by atoms with Gasteiger partial charge in [-0.2, -0.15) is 0 Å². The van der Waals surface area contributed by atoms with E-state index in [1.807, 2.05) is 18.2 Å². The lowest BCUT2D eigenvalue weighted by molar-refractivity contribution is 0.0944. The van der Waals surface area contributed by atoms with Gasteiger partial charge in [-0.25, -0.2) is 4.98 Å². The Labute approximate surface area is 172 Å². The summed E-state index contributed by atoms with van der Waals surface area (Å²) >= 11 is 0. The molecule has 29 heavy (non-hydrogen) atoms. The Morgan fingerprint density at radius 3 is 2.31 bits per heavy atom. The highest BCUT2D eigenvalue weighted by molar-refractivity contribution is 5.92. The molecule has 1 N–H and O–H groups in total. The maximum absolute atomic E-state index is 12.7. The number of fused-ring (bicyclic) bond motifs is 1. The summed E-state index contributed by atoms with van der Waals surface area (Å²) in [6.45, 7) is 4.41. The van der Waals surface area contributed by atoms with Gasteiger partial charge in [-0.3, -0.25) is 4.79 Å². The molecule has 150 valence electrons. The van der Waals surface area contributed by atoms with Crippen molar-refractivity contribution in [3.8, 4) is 0 Å². The molecule has 1 aliphatic rings. The molecule has 5 heteroatoms. The number of benzene rings is 2. The van der Waals surface area contributed by atoms with Gasteiger partial charge in [0.2, 0.25) is 0 Å². The lowest BCUT2D eigenvalue weighted by Crippen LogP contribution is -2.31. The van der Waals surface area contributed by atoms with Crippen LogP contribution in [0.15, 0.2) is 66.9 Å². The number of nitrogens with zero attached hydrogens (tertiary/aromatic N) is 3. The van der Waals surface area contributed by atoms with Gasteiger partial charge in [0.1, 0.15) is 11.5 Å². The van der Waals surface area contributed by atoms with Gasteiger partial charge in [-0.15, -0.1) is 0 Å². The van der Waals surface area contributed by atoms with Crippen LogP contribution in [-0.2, 0) is 25.8 Å². The lowest BCUT2D eigenvalue weighted by Gasteiger charge is -2.19. The molecule has 0 aliphatic carbocycles. The van der Waals surface area contributed by atoms with Crippen LogP contribution >= 0.6 is 0 Å². The molecule has 0 atom stereocenters. The highest BCUT2D eigenvalue weighted by Crippen LogP contribution is 2.13. The molecule has 0 bridgehead atoms. The number of hydrogen-bond acceptors (Lipinski definition) is 3. The SMILES string of the molecule is O=C(NCCc1ccccc1)c1cnc2n1CCN(CCc1ccccc1)CC2. The van der Waals surface area contributed by atoms with Gasteiger partial charge in [-0.05, 0) is 24.0 Å². The van der Waals surface area contributed by atoms with Crippen LogP contribution in [0, 0.1) is 0 Å². The van der Waals surface area contributed by atoms with Crippen molar-refractivity contribution in [2.75, 3.05) is 26.2 Å². The topological polar surface area (TPSA) is 50.2 Å². The molecule has 2 aromatic carbocycles. The molecule has 3 aromatic rings. The molecule has 5 nitrogen and oxygen atoms in total. The maximum Gasteiger partial charge on any atom is 0.269 e. The smallest absolute Gasteiger partial charge is 0.269 e. The van der Waals surface area contributed by atoms with Crippen LogP contribution in [0.2, 0.25) is 0 Å². The van der Waals surface area contributed by atoms with Crippen molar-refractivity contribution < 1.29 is 4.79 Å². The lowest BCUT2D eigenvalue weighted by atomic mass is 10.1. The Morgan fingerprint density at radius 1 is 0.897 bits per heavy atom. The van der Waals surface area contributed by atoms with Gasteiger partial charge in [0.15, 0.2) is 0 Å². The normalized spacial score (nSPS) is 14.2. The standard InChI is InChI=1S/C24H28N4O/c29-24(25-14-11-20-7-3-1-4-8-20)22-19-26-23-13-16-27(17-18-28(22)23)15-12-21-9-5-2-6-10-21/h1-10,19H,11-18H2,(H,25,29). The summed E-state index contributed by atoms with van der Waals surface area (Å²) in [5.74, 6) is 0.984. The van der Waals surface area contributed by atoms with Gasteiger partial charge in [-0.1, -0.05) is 60.7 Å². The second-order valence-corrected chi connectivity index (χ2v) is 7.53. The first kappa shape index (κ1) is 19.4. The molecule has 0 fully saturated rings. The Kier molecular flexibility index (Phi) is 6.37. The Bertz CT molecular complexity index is 921. The van der Waals surface area contributed by atoms with Crippen molar-refractivity contribution in [2.45, 2.75) is 25.8 Å². The first-order chi connectivity index (χ1) is 14.3. The zero-order valence-corrected chi connectivity index (χ0v) is 16.8. The highest BCUT2D eigenvalue weighted by atomic mass is 16.1. The molecular weight excluding hydrogens is 360 g/mol. The molecular formula is C24H28N4O. The molecule has 1 aliphatic heterocycles. The zero-order chi connectivity index (χ0) is 19.9. The fourth-order valence-electron chi connectivity index (χ4n) is 3.87. The van der Waals surface area contributed by atoms with Crippen molar-refractivity contribution in [3.05, 3.63) is 89.5 Å². The van der Waals surface area contributed by atoms with Gasteiger partial charge >= 0.3 is 0 Å². The maximum atomic E-state index is 12.7. The van der Waals surface area contributed by atoms with Crippen molar-refractivity contribution >= 4 is 5.91 Å². The summed E-state index contributed by atoms with van der Waals surface area (Å²) in [6.07, 6.45) is 4.50. The number of carbonyl (C=O) groups is 1. The van der Waals surface area contributed by atoms with Crippen LogP contribution < -0.4 is 5.32 Å². The summed E-state index contributed by atoms with van der Waals surface area (Å²) in [7, 11) is 0. The molecule has 1 amide bonds. The van der Waals surface area contributed by atoms with E-state index in [9.17, 15) is 4.79 Å². The van der Waals surface area contributed by atoms with Crippen LogP contribution in [0.4, 0.5) is 0 Å². The molecule has 0 saturated heterocycles. The Morgan fingerprint density at radius 2 is 1.59 bits per heavy atom. The first-order valence-electron chi connectivity index (χ1n) is 10.4. The molecule has 1 aromatic heterocycles. The summed E-state index contributed by atoms with van der Waals surface area (Å²) in [4.78, 5) is 19.7. The fraction of sp³-hybridized carbons (Fsp3) is 0.333. The van der Waals surface area contributed by atoms with Gasteiger partial charge < -0.3 is 14.8 Å². The van der Waals surface area contributed by atoms with Crippen LogP contribution in [0.5, 0.6) is 0 Å². The van der Waals surface area contributed by atoms with E-state index >= 15 is 0 Å². The van der Waals surface area contributed by atoms with E-state index in [0.29, 0.717) is 12.2 Å². The average Bonchev–Trinajstić information content (AvgIpc) is 3.07. The van der Waals surface area contributed by atoms with Crippen LogP contribution in [-0.4, -0.2) is 46.5 Å². The average molecular weight is 389 g/mol. The van der Waals surface area contributed by atoms with Gasteiger partial charge in [0.25, 0.3) is 5.91 Å². The molecule has 2 heterocycles. The minimum Gasteiger partial charge on any atom is -0.350 e. The quantitative estimate of drug-likeness (QED) is 0.677. The second-order valence-electron chi connectivity index (χ2n) is 7.53. The third kappa shape index (κ3) is 5.12. The largest absolute Gasteiger partial charge is 0.350 e. The van der Waals surface area contributed by atoms with E-state index < -0.39 is 0 Å². The van der Waals surface area contributed by atoms with E-state index in [-0.39, 0.29) is 5.91 Å². The summed E-state index contributed by atoms with van der Waals surface area (Å²) in [6, 6.07) is 20.8. The number of amides is 1. The van der Waals surface area contributed by atoms with Crippen LogP contribution in [0.3, 0.4) is 0 Å². The zero-order valence-electron chi connectivity index (χ0n) is 16.8. The van der Waals surface area contributed by atoms with E-state index in [0.717, 1.165) is 51.3 Å². The number of nitrogens with one attached hydrogen (secondary N) is 1. The van der Waals surface area contributed by atoms with Crippen molar-refractivity contribution in [1.29, 1.82) is 0 Å². The molecule has 0 saturated carbocycles. The summed E-state index contributed by atoms with van der Waals surface area (Å²) in [5, 5.41) is 3.05. The number of rotatable bonds is 7. The third-order valence-electron chi connectivity index (χ3n) is 5.56. The molecule has 0 radical (unpaired) electrons. The van der Waals surface area contributed by atoms with E-state index in [1.165, 1.54) is 11.1 Å². The van der Waals surface area contributed by atoms with Gasteiger partial charge in [0.05, 0.1) is 6.20 Å². The first-order valence-corrected chi connectivity index (χ1v) is 10.4. The molecule has 4 rings (SSSR count). The third-order valence-corrected chi connectivity index (χ3v) is 5.56. The number of carbonyl (C=O) groups excluding carboxylic acids is 1. The number of hydrogen-bond donors (Lipinski definition) is 1. The van der Waals surface area contributed by atoms with Crippen LogP contribution in [0.1, 0.15) is 27.4 Å². The minimum absolute atomic E-state index is 0.0302. The predicted molar refractivity (Wildman–Crippen MR) is 115 cm³/mol. The van der Waals surface area contributed by atoms with E-state index in [1.54, 1.807) is 6.20 Å². The predicted octanol–water partition coefficient (Wildman–Crippen LogP) is 2.96. The monoisotopic (exact) mass is 388 g/mol. The Balaban J connectivity index is 1.30. The van der Waals surface area contributed by atoms with Crippen molar-refractivity contribution in [3.63, 3.8) is 0 Å². The minimum atomic E-state index is -0.0302. The molecule has 0 spiro atoms. The second kappa shape index (κ2) is 9.52. The van der Waals surface area contributed by atoms with Crippen molar-refractivity contribution in [2.24, 2.45) is 0 Å². The highest BCUT2D eigenvalue weighted by Gasteiger charge is 2.20. The van der Waals surface area contributed by atoms with E-state index in [2.05, 4.69) is 62.2 Å². The molecule has 0 unspecified atom stereocenters. The summed E-state index contributed by atoms with van der Waals surface area (Å²) < 4.78 is 2.10. The van der Waals surface area contributed by atoms with Gasteiger partial charge in [0, 0.05) is 39.1 Å². The van der Waals surface area contributed by atoms with Crippen molar-refractivity contribution in [1.82, 2.24) is 19.8 Å². The number of aromatic nitrogens is 2. The van der Waals surface area contributed by atoms with Crippen LogP contribution in [0.25, 0.3) is 0 Å². The van der Waals surface area contributed by atoms with E-state index in [4.69, 9.17) is 0 Å². The number of imidazole rings is 1. The summed E-state index contributed by atoms with van der Waals surface area (Å²) in [5.41, 5.74) is 3.28.